The van der Waals surface area contributed by atoms with Crippen LogP contribution in [0, 0.1) is 0 Å². The number of anilines is 1. The molecular formula is C13H15ClN4O2. The van der Waals surface area contributed by atoms with Crippen molar-refractivity contribution in [3.8, 4) is 5.88 Å². The Morgan fingerprint density at radius 1 is 1.40 bits per heavy atom. The van der Waals surface area contributed by atoms with Gasteiger partial charge >= 0.3 is 0 Å². The predicted molar refractivity (Wildman–Crippen MR) is 77.3 cm³/mol. The summed E-state index contributed by atoms with van der Waals surface area (Å²) in [7, 11) is 1.56. The molecule has 2 rings (SSSR count). The van der Waals surface area contributed by atoms with E-state index in [1.807, 2.05) is 13.0 Å². The molecule has 6 nitrogen and oxygen atoms in total. The van der Waals surface area contributed by atoms with E-state index in [1.54, 1.807) is 25.6 Å². The van der Waals surface area contributed by atoms with Crippen LogP contribution in [0.1, 0.15) is 12.5 Å². The van der Waals surface area contributed by atoms with Crippen molar-refractivity contribution in [2.24, 2.45) is 0 Å². The third-order valence-corrected chi connectivity index (χ3v) is 3.14. The second kappa shape index (κ2) is 6.38. The molecule has 0 amide bonds. The van der Waals surface area contributed by atoms with Crippen LogP contribution in [0.2, 0.25) is 5.02 Å². The number of nitrogens with zero attached hydrogens (tertiary/aromatic N) is 3. The molecule has 2 heterocycles. The number of hydrogen-bond donors (Lipinski definition) is 1. The van der Waals surface area contributed by atoms with Gasteiger partial charge in [0.25, 0.3) is 5.56 Å². The SMILES string of the molecule is CCn1ncc(NCc2ccc(OC)nc2)c(Cl)c1=O. The summed E-state index contributed by atoms with van der Waals surface area (Å²) in [6, 6.07) is 3.65. The van der Waals surface area contributed by atoms with Crippen molar-refractivity contribution in [2.45, 2.75) is 20.0 Å². The minimum absolute atomic E-state index is 0.142. The number of methoxy groups -OCH3 is 1. The summed E-state index contributed by atoms with van der Waals surface area (Å²) in [6.45, 7) is 2.82. The van der Waals surface area contributed by atoms with Crippen molar-refractivity contribution >= 4 is 17.3 Å². The highest BCUT2D eigenvalue weighted by Gasteiger charge is 2.08. The van der Waals surface area contributed by atoms with Gasteiger partial charge in [0.15, 0.2) is 0 Å². The standard InChI is InChI=1S/C13H15ClN4O2/c1-3-18-13(19)12(14)10(8-17-18)15-6-9-4-5-11(20-2)16-7-9/h4-5,7-8,15H,3,6H2,1-2H3. The van der Waals surface area contributed by atoms with E-state index >= 15 is 0 Å². The predicted octanol–water partition coefficient (Wildman–Crippen LogP) is 1.93. The zero-order chi connectivity index (χ0) is 14.5. The van der Waals surface area contributed by atoms with Crippen LogP contribution in [0.3, 0.4) is 0 Å². The van der Waals surface area contributed by atoms with Crippen LogP contribution in [0.4, 0.5) is 5.69 Å². The lowest BCUT2D eigenvalue weighted by atomic mass is 10.3. The molecule has 0 aliphatic carbocycles. The van der Waals surface area contributed by atoms with Gasteiger partial charge in [0, 0.05) is 25.4 Å². The largest absolute Gasteiger partial charge is 0.481 e. The molecule has 0 saturated carbocycles. The molecule has 0 unspecified atom stereocenters. The van der Waals surface area contributed by atoms with E-state index in [1.165, 1.54) is 4.68 Å². The Labute approximate surface area is 121 Å². The summed E-state index contributed by atoms with van der Waals surface area (Å²) in [5.74, 6) is 0.555. The molecule has 2 aromatic rings. The average Bonchev–Trinajstić information content (AvgIpc) is 2.49. The monoisotopic (exact) mass is 294 g/mol. The molecule has 20 heavy (non-hydrogen) atoms. The van der Waals surface area contributed by atoms with Gasteiger partial charge in [0.05, 0.1) is 19.0 Å². The van der Waals surface area contributed by atoms with Crippen LogP contribution in [0.25, 0.3) is 0 Å². The zero-order valence-corrected chi connectivity index (χ0v) is 12.0. The van der Waals surface area contributed by atoms with Crippen LogP contribution in [-0.4, -0.2) is 21.9 Å². The van der Waals surface area contributed by atoms with Crippen molar-refractivity contribution < 1.29 is 4.74 Å². The summed E-state index contributed by atoms with van der Waals surface area (Å²) in [4.78, 5) is 15.9. The van der Waals surface area contributed by atoms with Gasteiger partial charge in [-0.15, -0.1) is 0 Å². The van der Waals surface area contributed by atoms with Crippen molar-refractivity contribution in [1.29, 1.82) is 0 Å². The first-order valence-electron chi connectivity index (χ1n) is 6.14. The fourth-order valence-corrected chi connectivity index (χ4v) is 1.86. The lowest BCUT2D eigenvalue weighted by molar-refractivity contribution is 0.397. The van der Waals surface area contributed by atoms with Crippen LogP contribution in [0.15, 0.2) is 29.3 Å². The van der Waals surface area contributed by atoms with Gasteiger partial charge in [-0.1, -0.05) is 17.7 Å². The second-order valence-corrected chi connectivity index (χ2v) is 4.43. The highest BCUT2D eigenvalue weighted by molar-refractivity contribution is 6.32. The molecule has 0 aromatic carbocycles. The topological polar surface area (TPSA) is 69.0 Å². The zero-order valence-electron chi connectivity index (χ0n) is 11.3. The molecular weight excluding hydrogens is 280 g/mol. The molecule has 0 bridgehead atoms. The van der Waals surface area contributed by atoms with E-state index < -0.39 is 0 Å². The van der Waals surface area contributed by atoms with Gasteiger partial charge in [-0.25, -0.2) is 9.67 Å². The van der Waals surface area contributed by atoms with Gasteiger partial charge in [-0.3, -0.25) is 4.79 Å². The highest BCUT2D eigenvalue weighted by Crippen LogP contribution is 2.16. The first-order valence-corrected chi connectivity index (χ1v) is 6.52. The first-order chi connectivity index (χ1) is 9.65. The minimum atomic E-state index is -0.299. The Balaban J connectivity index is 2.10. The van der Waals surface area contributed by atoms with Crippen LogP contribution >= 0.6 is 11.6 Å². The van der Waals surface area contributed by atoms with E-state index in [9.17, 15) is 4.79 Å². The van der Waals surface area contributed by atoms with Gasteiger partial charge < -0.3 is 10.1 Å². The van der Waals surface area contributed by atoms with Gasteiger partial charge in [-0.2, -0.15) is 5.10 Å². The molecule has 0 fully saturated rings. The van der Waals surface area contributed by atoms with E-state index in [0.717, 1.165) is 5.56 Å². The van der Waals surface area contributed by atoms with Crippen LogP contribution in [0.5, 0.6) is 5.88 Å². The molecule has 106 valence electrons. The molecule has 0 aliphatic heterocycles. The quantitative estimate of drug-likeness (QED) is 0.912. The third-order valence-electron chi connectivity index (χ3n) is 2.77. The van der Waals surface area contributed by atoms with Crippen molar-refractivity contribution in [1.82, 2.24) is 14.8 Å². The summed E-state index contributed by atoms with van der Waals surface area (Å²) >= 11 is 6.02. The van der Waals surface area contributed by atoms with Gasteiger partial charge in [0.2, 0.25) is 5.88 Å². The molecule has 2 aromatic heterocycles. The minimum Gasteiger partial charge on any atom is -0.481 e. The number of nitrogens with one attached hydrogen (secondary N) is 1. The maximum atomic E-state index is 11.8. The Bertz CT molecular complexity index is 640. The summed E-state index contributed by atoms with van der Waals surface area (Å²) in [5.41, 5.74) is 1.16. The fraction of sp³-hybridized carbons (Fsp3) is 0.308. The highest BCUT2D eigenvalue weighted by atomic mass is 35.5. The third kappa shape index (κ3) is 3.08. The molecule has 0 aliphatic rings. The first kappa shape index (κ1) is 14.3. The van der Waals surface area contributed by atoms with E-state index in [0.29, 0.717) is 24.7 Å². The van der Waals surface area contributed by atoms with Crippen LogP contribution < -0.4 is 15.6 Å². The maximum Gasteiger partial charge on any atom is 0.287 e. The fourth-order valence-electron chi connectivity index (χ4n) is 1.65. The molecule has 0 spiro atoms. The molecule has 0 radical (unpaired) electrons. The molecule has 7 heteroatoms. The van der Waals surface area contributed by atoms with E-state index in [-0.39, 0.29) is 10.6 Å². The van der Waals surface area contributed by atoms with Crippen molar-refractivity contribution in [3.63, 3.8) is 0 Å². The number of pyridine rings is 1. The van der Waals surface area contributed by atoms with Gasteiger partial charge in [0.1, 0.15) is 5.02 Å². The molecule has 1 N–H and O–H groups in total. The Kier molecular flexibility index (Phi) is 4.57. The van der Waals surface area contributed by atoms with Crippen molar-refractivity contribution in [3.05, 3.63) is 45.5 Å². The number of rotatable bonds is 5. The lowest BCUT2D eigenvalue weighted by Gasteiger charge is -2.09. The van der Waals surface area contributed by atoms with E-state index in [4.69, 9.17) is 16.3 Å². The van der Waals surface area contributed by atoms with Gasteiger partial charge in [-0.05, 0) is 12.5 Å². The molecule has 0 saturated heterocycles. The maximum absolute atomic E-state index is 11.8. The summed E-state index contributed by atoms with van der Waals surface area (Å²) < 4.78 is 6.29. The normalized spacial score (nSPS) is 10.3. The Morgan fingerprint density at radius 2 is 2.20 bits per heavy atom. The smallest absolute Gasteiger partial charge is 0.287 e. The Morgan fingerprint density at radius 3 is 2.80 bits per heavy atom. The average molecular weight is 295 g/mol. The number of aromatic nitrogens is 3. The molecule has 0 atom stereocenters. The van der Waals surface area contributed by atoms with Crippen molar-refractivity contribution in [2.75, 3.05) is 12.4 Å². The summed E-state index contributed by atoms with van der Waals surface area (Å²) in [6.07, 6.45) is 3.24. The van der Waals surface area contributed by atoms with Crippen LogP contribution in [-0.2, 0) is 13.1 Å². The number of hydrogen-bond acceptors (Lipinski definition) is 5. The summed E-state index contributed by atoms with van der Waals surface area (Å²) in [5, 5.41) is 7.23. The lowest BCUT2D eigenvalue weighted by Crippen LogP contribution is -2.23. The van der Waals surface area contributed by atoms with E-state index in [2.05, 4.69) is 15.4 Å². The number of aryl methyl sites for hydroxylation is 1. The Hall–Kier alpha value is -2.08. The second-order valence-electron chi connectivity index (χ2n) is 4.06. The number of ether oxygens (including phenoxy) is 1. The number of halogens is 1.